The molecular formula is C27H30F2N2O3. The van der Waals surface area contributed by atoms with Crippen LogP contribution in [0.1, 0.15) is 54.8 Å². The molecule has 2 heterocycles. The molecule has 1 aromatic heterocycles. The maximum Gasteiger partial charge on any atom is 0.298 e. The lowest BCUT2D eigenvalue weighted by molar-refractivity contribution is -0.120. The van der Waals surface area contributed by atoms with Crippen LogP contribution in [-0.2, 0) is 11.3 Å². The van der Waals surface area contributed by atoms with E-state index in [1.807, 2.05) is 18.3 Å². The summed E-state index contributed by atoms with van der Waals surface area (Å²) in [6.07, 6.45) is 3.88. The Hall–Kier alpha value is -2.93. The third-order valence-electron chi connectivity index (χ3n) is 7.79. The highest BCUT2D eigenvalue weighted by atomic mass is 19.3. The van der Waals surface area contributed by atoms with Crippen LogP contribution < -0.4 is 9.47 Å². The van der Waals surface area contributed by atoms with Crippen LogP contribution in [0.15, 0.2) is 42.6 Å². The van der Waals surface area contributed by atoms with Crippen LogP contribution >= 0.6 is 0 Å². The van der Waals surface area contributed by atoms with Crippen LogP contribution in [0.5, 0.6) is 11.5 Å². The molecule has 2 aliphatic rings. The van der Waals surface area contributed by atoms with E-state index in [2.05, 4.69) is 28.9 Å². The van der Waals surface area contributed by atoms with Crippen molar-refractivity contribution < 1.29 is 23.0 Å². The van der Waals surface area contributed by atoms with E-state index in [0.29, 0.717) is 31.6 Å². The minimum atomic E-state index is -2.58. The number of carbonyl (C=O) groups is 1. The molecule has 0 radical (unpaired) electrons. The summed E-state index contributed by atoms with van der Waals surface area (Å²) in [6.45, 7) is 3.85. The highest BCUT2D eigenvalue weighted by Crippen LogP contribution is 2.56. The fourth-order valence-electron chi connectivity index (χ4n) is 6.07. The molecule has 1 aliphatic carbocycles. The molecule has 34 heavy (non-hydrogen) atoms. The van der Waals surface area contributed by atoms with Crippen LogP contribution in [0, 0.1) is 12.3 Å². The number of nitrogens with one attached hydrogen (secondary N) is 1. The summed E-state index contributed by atoms with van der Waals surface area (Å²) in [5.74, 6) is -1.27. The lowest BCUT2D eigenvalue weighted by atomic mass is 9.72. The lowest BCUT2D eigenvalue weighted by Crippen LogP contribution is -2.41. The van der Waals surface area contributed by atoms with Crippen LogP contribution in [0.25, 0.3) is 10.9 Å². The first-order valence-corrected chi connectivity index (χ1v) is 11.8. The topological polar surface area (TPSA) is 54.6 Å². The van der Waals surface area contributed by atoms with E-state index in [4.69, 9.17) is 9.47 Å². The Kier molecular flexibility index (Phi) is 5.84. The van der Waals surface area contributed by atoms with Crippen molar-refractivity contribution in [2.45, 2.75) is 57.5 Å². The summed E-state index contributed by atoms with van der Waals surface area (Å²) in [5.41, 5.74) is 4.01. The van der Waals surface area contributed by atoms with Gasteiger partial charge < -0.3 is 14.5 Å². The molecule has 3 aromatic rings. The van der Waals surface area contributed by atoms with E-state index in [0.717, 1.165) is 46.3 Å². The zero-order valence-corrected chi connectivity index (χ0v) is 19.6. The third-order valence-corrected chi connectivity index (χ3v) is 7.79. The predicted molar refractivity (Wildman–Crippen MR) is 126 cm³/mol. The standard InChI is InChI=1S/C27H30F2N2O3/c1-18-13-24(33-2)22(21-7-11-30-25(18)21)15-31-12-10-26(8-9-27(28,29)16-26)14-23(31)19-3-5-20(6-4-19)34-17-32/h3-7,11,13,17,23,30H,8-10,12,14-16H2,1-2H3/t23-,26+/m0/s1. The number of aryl methyl sites for hydroxylation is 1. The second-order valence-electron chi connectivity index (χ2n) is 9.90. The molecule has 1 aliphatic heterocycles. The molecule has 1 spiro atoms. The number of ether oxygens (including phenoxy) is 2. The molecule has 7 heteroatoms. The van der Waals surface area contributed by atoms with E-state index in [1.54, 1.807) is 19.2 Å². The van der Waals surface area contributed by atoms with Crippen molar-refractivity contribution in [1.29, 1.82) is 0 Å². The smallest absolute Gasteiger partial charge is 0.298 e. The summed E-state index contributed by atoms with van der Waals surface area (Å²) < 4.78 is 39.3. The summed E-state index contributed by atoms with van der Waals surface area (Å²) in [4.78, 5) is 16.4. The second-order valence-corrected chi connectivity index (χ2v) is 9.90. The molecule has 1 N–H and O–H groups in total. The van der Waals surface area contributed by atoms with Gasteiger partial charge in [0, 0.05) is 48.1 Å². The number of hydrogen-bond donors (Lipinski definition) is 1. The molecule has 2 atom stereocenters. The Balaban J connectivity index is 1.51. The van der Waals surface area contributed by atoms with Gasteiger partial charge in [-0.2, -0.15) is 0 Å². The Morgan fingerprint density at radius 3 is 2.65 bits per heavy atom. The summed E-state index contributed by atoms with van der Waals surface area (Å²) in [6, 6.07) is 11.5. The molecule has 0 amide bonds. The van der Waals surface area contributed by atoms with Gasteiger partial charge in [-0.3, -0.25) is 9.69 Å². The highest BCUT2D eigenvalue weighted by Gasteiger charge is 2.52. The average molecular weight is 469 g/mol. The number of piperidine rings is 1. The fraction of sp³-hybridized carbons (Fsp3) is 0.444. The molecule has 5 rings (SSSR count). The minimum Gasteiger partial charge on any atom is -0.496 e. The Bertz CT molecular complexity index is 1190. The monoisotopic (exact) mass is 468 g/mol. The van der Waals surface area contributed by atoms with Crippen molar-refractivity contribution in [2.24, 2.45) is 5.41 Å². The van der Waals surface area contributed by atoms with Crippen molar-refractivity contribution in [3.05, 3.63) is 59.3 Å². The number of carbonyl (C=O) groups excluding carboxylic acids is 1. The average Bonchev–Trinajstić information content (AvgIpc) is 3.42. The number of aromatic amines is 1. The van der Waals surface area contributed by atoms with E-state index in [-0.39, 0.29) is 24.3 Å². The van der Waals surface area contributed by atoms with Crippen molar-refractivity contribution >= 4 is 17.4 Å². The number of likely N-dealkylation sites (tertiary alicyclic amines) is 1. The summed E-state index contributed by atoms with van der Waals surface area (Å²) >= 11 is 0. The number of alkyl halides is 2. The number of methoxy groups -OCH3 is 1. The molecule has 2 fully saturated rings. The second kappa shape index (κ2) is 8.69. The van der Waals surface area contributed by atoms with E-state index in [9.17, 15) is 13.6 Å². The van der Waals surface area contributed by atoms with Gasteiger partial charge in [-0.25, -0.2) is 8.78 Å². The highest BCUT2D eigenvalue weighted by molar-refractivity contribution is 5.88. The zero-order chi connectivity index (χ0) is 23.9. The van der Waals surface area contributed by atoms with Gasteiger partial charge >= 0.3 is 0 Å². The van der Waals surface area contributed by atoms with Crippen molar-refractivity contribution in [1.82, 2.24) is 9.88 Å². The maximum absolute atomic E-state index is 14.3. The van der Waals surface area contributed by atoms with Crippen molar-refractivity contribution in [3.8, 4) is 11.5 Å². The zero-order valence-electron chi connectivity index (χ0n) is 19.6. The van der Waals surface area contributed by atoms with E-state index in [1.165, 1.54) is 0 Å². The first-order chi connectivity index (χ1) is 16.3. The molecule has 1 saturated heterocycles. The fourth-order valence-corrected chi connectivity index (χ4v) is 6.07. The van der Waals surface area contributed by atoms with Gasteiger partial charge in [0.25, 0.3) is 6.47 Å². The SMILES string of the molecule is COc1cc(C)c2[nH]ccc2c1CN1CC[C@]2(CCC(F)(F)C2)C[C@H]1c1ccc(OC=O)cc1. The quantitative estimate of drug-likeness (QED) is 0.440. The number of H-pyrrole nitrogens is 1. The number of benzene rings is 2. The summed E-state index contributed by atoms with van der Waals surface area (Å²) in [5, 5.41) is 1.12. The largest absolute Gasteiger partial charge is 0.496 e. The van der Waals surface area contributed by atoms with Gasteiger partial charge in [0.15, 0.2) is 0 Å². The lowest BCUT2D eigenvalue weighted by Gasteiger charge is -2.45. The Labute approximate surface area is 198 Å². The number of fused-ring (bicyclic) bond motifs is 1. The molecule has 5 nitrogen and oxygen atoms in total. The Morgan fingerprint density at radius 2 is 1.97 bits per heavy atom. The van der Waals surface area contributed by atoms with E-state index < -0.39 is 5.92 Å². The van der Waals surface area contributed by atoms with Crippen LogP contribution in [0.3, 0.4) is 0 Å². The molecule has 180 valence electrons. The number of rotatable bonds is 6. The molecule has 1 saturated carbocycles. The molecule has 2 aromatic carbocycles. The number of nitrogens with zero attached hydrogens (tertiary/aromatic N) is 1. The van der Waals surface area contributed by atoms with Crippen LogP contribution in [0.4, 0.5) is 8.78 Å². The normalized spacial score (nSPS) is 24.5. The minimum absolute atomic E-state index is 0.0204. The number of halogens is 2. The van der Waals surface area contributed by atoms with Gasteiger partial charge in [0.05, 0.1) is 7.11 Å². The number of hydrogen-bond acceptors (Lipinski definition) is 4. The van der Waals surface area contributed by atoms with Crippen LogP contribution in [-0.4, -0.2) is 35.9 Å². The first-order valence-electron chi connectivity index (χ1n) is 11.8. The molecule has 0 unspecified atom stereocenters. The van der Waals surface area contributed by atoms with Crippen molar-refractivity contribution in [2.75, 3.05) is 13.7 Å². The third kappa shape index (κ3) is 4.17. The van der Waals surface area contributed by atoms with Gasteiger partial charge in [-0.05, 0) is 73.5 Å². The number of aromatic nitrogens is 1. The maximum atomic E-state index is 14.3. The summed E-state index contributed by atoms with van der Waals surface area (Å²) in [7, 11) is 1.69. The van der Waals surface area contributed by atoms with E-state index >= 15 is 0 Å². The van der Waals surface area contributed by atoms with Gasteiger partial charge in [-0.15, -0.1) is 0 Å². The van der Waals surface area contributed by atoms with Crippen LogP contribution in [0.2, 0.25) is 0 Å². The first kappa shape index (κ1) is 22.8. The Morgan fingerprint density at radius 1 is 1.18 bits per heavy atom. The van der Waals surface area contributed by atoms with Gasteiger partial charge in [0.1, 0.15) is 11.5 Å². The molecular weight excluding hydrogens is 438 g/mol. The van der Waals surface area contributed by atoms with Crippen molar-refractivity contribution in [3.63, 3.8) is 0 Å². The molecule has 0 bridgehead atoms. The van der Waals surface area contributed by atoms with Gasteiger partial charge in [-0.1, -0.05) is 12.1 Å². The van der Waals surface area contributed by atoms with Gasteiger partial charge in [0.2, 0.25) is 5.92 Å². The predicted octanol–water partition coefficient (Wildman–Crippen LogP) is 6.16.